The number of benzene rings is 1. The van der Waals surface area contributed by atoms with E-state index in [0.29, 0.717) is 0 Å². The van der Waals surface area contributed by atoms with Crippen molar-refractivity contribution in [3.63, 3.8) is 0 Å². The molecule has 0 saturated carbocycles. The van der Waals surface area contributed by atoms with Gasteiger partial charge in [0.1, 0.15) is 0 Å². The molecule has 0 aromatic heterocycles. The average Bonchev–Trinajstić information content (AvgIpc) is 2.46. The summed E-state index contributed by atoms with van der Waals surface area (Å²) in [6.45, 7) is 0. The maximum atomic E-state index is 3.48. The van der Waals surface area contributed by atoms with Gasteiger partial charge in [0.05, 0.1) is 0 Å². The summed E-state index contributed by atoms with van der Waals surface area (Å²) in [6, 6.07) is 10.9. The van der Waals surface area contributed by atoms with Crippen molar-refractivity contribution in [2.75, 3.05) is 5.33 Å². The average molecular weight is 325 g/mol. The molecule has 0 heterocycles. The second-order valence-corrected chi connectivity index (χ2v) is 6.25. The molecule has 0 aliphatic rings. The molecule has 0 radical (unpaired) electrons. The van der Waals surface area contributed by atoms with E-state index in [0.717, 1.165) is 0 Å². The maximum absolute atomic E-state index is 3.48. The van der Waals surface area contributed by atoms with Gasteiger partial charge in [-0.15, -0.1) is 0 Å². The lowest BCUT2D eigenvalue weighted by Crippen LogP contribution is -1.86. The predicted molar refractivity (Wildman–Crippen MR) is 90.1 cm³/mol. The first-order valence-corrected chi connectivity index (χ1v) is 9.15. The van der Waals surface area contributed by atoms with E-state index in [4.69, 9.17) is 0 Å². The van der Waals surface area contributed by atoms with Crippen LogP contribution in [0.5, 0.6) is 0 Å². The lowest BCUT2D eigenvalue weighted by Gasteiger charge is -2.03. The highest BCUT2D eigenvalue weighted by Gasteiger charge is 1.94. The van der Waals surface area contributed by atoms with E-state index < -0.39 is 0 Å². The fourth-order valence-electron chi connectivity index (χ4n) is 2.48. The molecule has 0 atom stereocenters. The largest absolute Gasteiger partial charge is 0.0928 e. The van der Waals surface area contributed by atoms with E-state index in [1.807, 2.05) is 0 Å². The molecule has 0 aliphatic heterocycles. The smallest absolute Gasteiger partial charge is 0.00313 e. The minimum absolute atomic E-state index is 1.18. The van der Waals surface area contributed by atoms with E-state index in [9.17, 15) is 0 Å². The third-order valence-corrected chi connectivity index (χ3v) is 4.25. The topological polar surface area (TPSA) is 0 Å². The molecule has 108 valence electrons. The molecule has 0 N–H and O–H groups in total. The van der Waals surface area contributed by atoms with Crippen LogP contribution < -0.4 is 0 Å². The molecule has 0 aliphatic carbocycles. The van der Waals surface area contributed by atoms with Crippen LogP contribution in [0.25, 0.3) is 0 Å². The molecule has 0 saturated heterocycles. The van der Waals surface area contributed by atoms with Crippen molar-refractivity contribution in [2.45, 2.75) is 70.6 Å². The molecular formula is C18H29Br. The number of hydrogen-bond acceptors (Lipinski definition) is 0. The predicted octanol–water partition coefficient (Wildman–Crippen LogP) is 6.53. The number of halogens is 1. The minimum Gasteiger partial charge on any atom is -0.0928 e. The molecule has 1 aromatic carbocycles. The SMILES string of the molecule is BrCCCCCCCCCCCCc1ccccc1. The van der Waals surface area contributed by atoms with Crippen LogP contribution in [0.15, 0.2) is 30.3 Å². The first kappa shape index (κ1) is 16.8. The summed E-state index contributed by atoms with van der Waals surface area (Å²) in [5.74, 6) is 0. The zero-order valence-electron chi connectivity index (χ0n) is 12.2. The van der Waals surface area contributed by atoms with Gasteiger partial charge in [0.15, 0.2) is 0 Å². The summed E-state index contributed by atoms with van der Waals surface area (Å²) < 4.78 is 0. The first-order chi connectivity index (χ1) is 9.43. The molecule has 0 nitrogen and oxygen atoms in total. The van der Waals surface area contributed by atoms with Crippen LogP contribution in [-0.4, -0.2) is 5.33 Å². The van der Waals surface area contributed by atoms with Crippen molar-refractivity contribution >= 4 is 15.9 Å². The fourth-order valence-corrected chi connectivity index (χ4v) is 2.88. The van der Waals surface area contributed by atoms with Crippen LogP contribution in [0.4, 0.5) is 0 Å². The molecule has 0 bridgehead atoms. The van der Waals surface area contributed by atoms with E-state index in [2.05, 4.69) is 46.3 Å². The van der Waals surface area contributed by atoms with Gasteiger partial charge in [0.2, 0.25) is 0 Å². The Balaban J connectivity index is 1.79. The second-order valence-electron chi connectivity index (χ2n) is 5.46. The molecule has 0 amide bonds. The zero-order valence-corrected chi connectivity index (χ0v) is 13.8. The second kappa shape index (κ2) is 12.7. The van der Waals surface area contributed by atoms with Crippen molar-refractivity contribution in [1.82, 2.24) is 0 Å². The lowest BCUT2D eigenvalue weighted by molar-refractivity contribution is 0.557. The highest BCUT2D eigenvalue weighted by molar-refractivity contribution is 9.09. The van der Waals surface area contributed by atoms with Gasteiger partial charge >= 0.3 is 0 Å². The minimum atomic E-state index is 1.18. The molecule has 0 spiro atoms. The number of rotatable bonds is 12. The number of alkyl halides is 1. The lowest BCUT2D eigenvalue weighted by atomic mass is 10.0. The van der Waals surface area contributed by atoms with E-state index >= 15 is 0 Å². The van der Waals surface area contributed by atoms with E-state index in [1.54, 1.807) is 0 Å². The van der Waals surface area contributed by atoms with Crippen LogP contribution in [-0.2, 0) is 6.42 Å². The number of aryl methyl sites for hydroxylation is 1. The molecule has 0 unspecified atom stereocenters. The van der Waals surface area contributed by atoms with Crippen LogP contribution in [0.3, 0.4) is 0 Å². The van der Waals surface area contributed by atoms with Crippen molar-refractivity contribution < 1.29 is 0 Å². The Morgan fingerprint density at radius 3 is 1.58 bits per heavy atom. The monoisotopic (exact) mass is 324 g/mol. The third kappa shape index (κ3) is 10.2. The first-order valence-electron chi connectivity index (χ1n) is 8.03. The van der Waals surface area contributed by atoms with Gasteiger partial charge in [-0.3, -0.25) is 0 Å². The molecule has 1 heteroatoms. The molecule has 1 rings (SSSR count). The van der Waals surface area contributed by atoms with Gasteiger partial charge in [-0.1, -0.05) is 97.6 Å². The molecule has 19 heavy (non-hydrogen) atoms. The Morgan fingerprint density at radius 2 is 1.05 bits per heavy atom. The summed E-state index contributed by atoms with van der Waals surface area (Å²) in [7, 11) is 0. The van der Waals surface area contributed by atoms with Crippen molar-refractivity contribution in [1.29, 1.82) is 0 Å². The van der Waals surface area contributed by atoms with E-state index in [1.165, 1.54) is 81.5 Å². The normalized spacial score (nSPS) is 10.8. The Labute approximate surface area is 128 Å². The summed E-state index contributed by atoms with van der Waals surface area (Å²) in [6.07, 6.45) is 15.4. The quantitative estimate of drug-likeness (QED) is 0.303. The zero-order chi connectivity index (χ0) is 13.6. The van der Waals surface area contributed by atoms with Gasteiger partial charge in [0, 0.05) is 5.33 Å². The highest BCUT2D eigenvalue weighted by atomic mass is 79.9. The Hall–Kier alpha value is -0.300. The third-order valence-electron chi connectivity index (χ3n) is 3.69. The maximum Gasteiger partial charge on any atom is 0.00313 e. The van der Waals surface area contributed by atoms with Crippen LogP contribution in [0.2, 0.25) is 0 Å². The summed E-state index contributed by atoms with van der Waals surface area (Å²) in [5.41, 5.74) is 1.49. The Kier molecular flexibility index (Phi) is 11.2. The Morgan fingerprint density at radius 1 is 0.579 bits per heavy atom. The van der Waals surface area contributed by atoms with Crippen LogP contribution in [0, 0.1) is 0 Å². The van der Waals surface area contributed by atoms with Gasteiger partial charge in [-0.05, 0) is 24.8 Å². The molecule has 0 fully saturated rings. The standard InChI is InChI=1S/C18H29Br/c19-17-13-8-6-4-2-1-3-5-7-10-14-18-15-11-9-12-16-18/h9,11-12,15-16H,1-8,10,13-14,17H2. The van der Waals surface area contributed by atoms with Gasteiger partial charge in [-0.2, -0.15) is 0 Å². The summed E-state index contributed by atoms with van der Waals surface area (Å²) >= 11 is 3.48. The van der Waals surface area contributed by atoms with Crippen LogP contribution in [0.1, 0.15) is 69.8 Å². The van der Waals surface area contributed by atoms with Crippen molar-refractivity contribution in [3.05, 3.63) is 35.9 Å². The van der Waals surface area contributed by atoms with Crippen LogP contribution >= 0.6 is 15.9 Å². The number of unbranched alkanes of at least 4 members (excludes halogenated alkanes) is 9. The molecular weight excluding hydrogens is 296 g/mol. The highest BCUT2D eigenvalue weighted by Crippen LogP contribution is 2.12. The summed E-state index contributed by atoms with van der Waals surface area (Å²) in [4.78, 5) is 0. The number of hydrogen-bond donors (Lipinski definition) is 0. The van der Waals surface area contributed by atoms with Crippen molar-refractivity contribution in [3.8, 4) is 0 Å². The summed E-state index contributed by atoms with van der Waals surface area (Å²) in [5, 5.41) is 1.18. The fraction of sp³-hybridized carbons (Fsp3) is 0.667. The molecule has 1 aromatic rings. The van der Waals surface area contributed by atoms with Gasteiger partial charge in [-0.25, -0.2) is 0 Å². The van der Waals surface area contributed by atoms with E-state index in [-0.39, 0.29) is 0 Å². The van der Waals surface area contributed by atoms with Gasteiger partial charge in [0.25, 0.3) is 0 Å². The van der Waals surface area contributed by atoms with Gasteiger partial charge < -0.3 is 0 Å². The Bertz CT molecular complexity index is 281. The van der Waals surface area contributed by atoms with Crippen molar-refractivity contribution in [2.24, 2.45) is 0 Å².